The van der Waals surface area contributed by atoms with Crippen LogP contribution in [-0.2, 0) is 0 Å². The van der Waals surface area contributed by atoms with Crippen LogP contribution in [0.25, 0.3) is 0 Å². The van der Waals surface area contributed by atoms with Gasteiger partial charge in [0, 0.05) is 31.2 Å². The molecule has 1 aromatic rings. The first-order chi connectivity index (χ1) is 8.69. The van der Waals surface area contributed by atoms with Gasteiger partial charge in [0.2, 0.25) is 0 Å². The van der Waals surface area contributed by atoms with Gasteiger partial charge in [0.05, 0.1) is 23.8 Å². The number of nitro benzene ring substituents is 1. The largest absolute Gasteiger partial charge is 0.494 e. The zero-order valence-corrected chi connectivity index (χ0v) is 10.1. The van der Waals surface area contributed by atoms with Gasteiger partial charge in [-0.25, -0.2) is 0 Å². The average Bonchev–Trinajstić information content (AvgIpc) is 3.00. The Morgan fingerprint density at radius 3 is 2.94 bits per heavy atom. The summed E-state index contributed by atoms with van der Waals surface area (Å²) in [6.07, 6.45) is 1.14. The highest BCUT2D eigenvalue weighted by Gasteiger charge is 2.38. The monoisotopic (exact) mass is 249 g/mol. The van der Waals surface area contributed by atoms with Crippen LogP contribution in [0.4, 0.5) is 11.4 Å². The highest BCUT2D eigenvalue weighted by Crippen LogP contribution is 2.37. The van der Waals surface area contributed by atoms with E-state index in [1.165, 1.54) is 12.1 Å². The average molecular weight is 249 g/mol. The van der Waals surface area contributed by atoms with Crippen molar-refractivity contribution in [2.75, 3.05) is 25.1 Å². The second kappa shape index (κ2) is 4.13. The van der Waals surface area contributed by atoms with E-state index in [1.807, 2.05) is 0 Å². The number of nitrogens with zero attached hydrogens (tertiary/aromatic N) is 2. The number of fused-ring (bicyclic) bond motifs is 2. The van der Waals surface area contributed by atoms with Crippen LogP contribution in [0.2, 0.25) is 0 Å². The fraction of sp³-hybridized carbons (Fsp3) is 0.500. The summed E-state index contributed by atoms with van der Waals surface area (Å²) < 4.78 is 5.29. The van der Waals surface area contributed by atoms with Crippen molar-refractivity contribution in [1.82, 2.24) is 5.32 Å². The molecular weight excluding hydrogens is 234 g/mol. The fourth-order valence-electron chi connectivity index (χ4n) is 2.87. The van der Waals surface area contributed by atoms with Gasteiger partial charge in [-0.1, -0.05) is 0 Å². The molecular formula is C12H15N3O3. The summed E-state index contributed by atoms with van der Waals surface area (Å²) in [7, 11) is 1.55. The van der Waals surface area contributed by atoms with Gasteiger partial charge in [-0.2, -0.15) is 0 Å². The summed E-state index contributed by atoms with van der Waals surface area (Å²) in [5.74, 6) is 0.580. The predicted molar refractivity (Wildman–Crippen MR) is 67.2 cm³/mol. The standard InChI is InChI=1S/C12H15N3O3/c1-18-12-5-9(15(16)17)2-3-11(12)14-7-8-4-10(14)6-13-8/h2-3,5,8,10,13H,4,6-7H2,1H3. The summed E-state index contributed by atoms with van der Waals surface area (Å²) in [6.45, 7) is 1.92. The second-order valence-electron chi connectivity index (χ2n) is 4.76. The second-order valence-corrected chi connectivity index (χ2v) is 4.76. The number of methoxy groups -OCH3 is 1. The number of hydrogen-bond donors (Lipinski definition) is 1. The van der Waals surface area contributed by atoms with Crippen LogP contribution in [-0.4, -0.2) is 37.2 Å². The van der Waals surface area contributed by atoms with E-state index >= 15 is 0 Å². The van der Waals surface area contributed by atoms with E-state index in [9.17, 15) is 10.1 Å². The van der Waals surface area contributed by atoms with Crippen molar-refractivity contribution in [1.29, 1.82) is 0 Å². The first kappa shape index (κ1) is 11.3. The van der Waals surface area contributed by atoms with Gasteiger partial charge in [-0.05, 0) is 12.5 Å². The van der Waals surface area contributed by atoms with E-state index in [0.29, 0.717) is 17.8 Å². The van der Waals surface area contributed by atoms with E-state index in [4.69, 9.17) is 4.74 Å². The Hall–Kier alpha value is -1.82. The number of ether oxygens (including phenoxy) is 1. The molecule has 1 N–H and O–H groups in total. The molecule has 96 valence electrons. The number of rotatable bonds is 3. The Morgan fingerprint density at radius 2 is 2.39 bits per heavy atom. The number of nitro groups is 1. The fourth-order valence-corrected chi connectivity index (χ4v) is 2.87. The molecule has 6 heteroatoms. The minimum atomic E-state index is -0.399. The molecule has 2 atom stereocenters. The van der Waals surface area contributed by atoms with Crippen molar-refractivity contribution in [3.05, 3.63) is 28.3 Å². The maximum atomic E-state index is 10.8. The summed E-state index contributed by atoms with van der Waals surface area (Å²) in [4.78, 5) is 12.6. The first-order valence-electron chi connectivity index (χ1n) is 6.01. The van der Waals surface area contributed by atoms with Crippen LogP contribution >= 0.6 is 0 Å². The van der Waals surface area contributed by atoms with Crippen LogP contribution in [0, 0.1) is 10.1 Å². The molecule has 2 aliphatic heterocycles. The topological polar surface area (TPSA) is 67.6 Å². The summed E-state index contributed by atoms with van der Waals surface area (Å²) in [5.41, 5.74) is 1.02. The quantitative estimate of drug-likeness (QED) is 0.643. The van der Waals surface area contributed by atoms with Gasteiger partial charge in [0.15, 0.2) is 0 Å². The number of non-ortho nitro benzene ring substituents is 1. The lowest BCUT2D eigenvalue weighted by molar-refractivity contribution is -0.384. The molecule has 0 amide bonds. The Labute approximate surface area is 105 Å². The molecule has 0 spiro atoms. The molecule has 3 rings (SSSR count). The lowest BCUT2D eigenvalue weighted by Crippen LogP contribution is -2.43. The smallest absolute Gasteiger partial charge is 0.273 e. The molecule has 0 radical (unpaired) electrons. The van der Waals surface area contributed by atoms with Crippen molar-refractivity contribution < 1.29 is 9.66 Å². The van der Waals surface area contributed by atoms with Crippen LogP contribution in [0.5, 0.6) is 5.75 Å². The van der Waals surface area contributed by atoms with Crippen molar-refractivity contribution in [3.63, 3.8) is 0 Å². The molecule has 2 saturated heterocycles. The Kier molecular flexibility index (Phi) is 2.59. The number of piperazine rings is 1. The van der Waals surface area contributed by atoms with E-state index in [-0.39, 0.29) is 5.69 Å². The molecule has 2 heterocycles. The van der Waals surface area contributed by atoms with E-state index in [1.54, 1.807) is 13.2 Å². The molecule has 2 aliphatic rings. The Balaban J connectivity index is 1.94. The van der Waals surface area contributed by atoms with Crippen LogP contribution in [0.3, 0.4) is 0 Å². The predicted octanol–water partition coefficient (Wildman–Crippen LogP) is 1.15. The molecule has 0 aliphatic carbocycles. The molecule has 2 bridgehead atoms. The third kappa shape index (κ3) is 1.69. The van der Waals surface area contributed by atoms with Gasteiger partial charge in [0.25, 0.3) is 5.69 Å². The van der Waals surface area contributed by atoms with Gasteiger partial charge in [-0.15, -0.1) is 0 Å². The lowest BCUT2D eigenvalue weighted by atomic mass is 10.2. The molecule has 2 unspecified atom stereocenters. The minimum Gasteiger partial charge on any atom is -0.494 e. The lowest BCUT2D eigenvalue weighted by Gasteiger charge is -2.30. The molecule has 6 nitrogen and oxygen atoms in total. The SMILES string of the molecule is COc1cc([N+](=O)[O-])ccc1N1CC2CC1CN2. The number of benzene rings is 1. The Bertz CT molecular complexity index is 491. The summed E-state index contributed by atoms with van der Waals surface area (Å²) in [6, 6.07) is 5.84. The van der Waals surface area contributed by atoms with Crippen LogP contribution < -0.4 is 15.0 Å². The van der Waals surface area contributed by atoms with Crippen molar-refractivity contribution in [2.24, 2.45) is 0 Å². The molecule has 0 saturated carbocycles. The number of nitrogens with one attached hydrogen (secondary N) is 1. The molecule has 0 aromatic heterocycles. The zero-order valence-electron chi connectivity index (χ0n) is 10.1. The van der Waals surface area contributed by atoms with Gasteiger partial charge < -0.3 is 15.0 Å². The normalized spacial score (nSPS) is 25.5. The van der Waals surface area contributed by atoms with Gasteiger partial charge in [0.1, 0.15) is 5.75 Å². The highest BCUT2D eigenvalue weighted by molar-refractivity contribution is 5.64. The summed E-state index contributed by atoms with van der Waals surface area (Å²) >= 11 is 0. The third-order valence-corrected chi connectivity index (χ3v) is 3.74. The zero-order chi connectivity index (χ0) is 12.7. The molecule has 1 aromatic carbocycles. The number of anilines is 1. The highest BCUT2D eigenvalue weighted by atomic mass is 16.6. The maximum absolute atomic E-state index is 10.8. The minimum absolute atomic E-state index is 0.0677. The third-order valence-electron chi connectivity index (χ3n) is 3.74. The molecule has 18 heavy (non-hydrogen) atoms. The van der Waals surface area contributed by atoms with E-state index < -0.39 is 4.92 Å². The maximum Gasteiger partial charge on any atom is 0.273 e. The number of hydrogen-bond acceptors (Lipinski definition) is 5. The van der Waals surface area contributed by atoms with Gasteiger partial charge >= 0.3 is 0 Å². The van der Waals surface area contributed by atoms with Crippen molar-refractivity contribution >= 4 is 11.4 Å². The van der Waals surface area contributed by atoms with E-state index in [2.05, 4.69) is 10.2 Å². The van der Waals surface area contributed by atoms with E-state index in [0.717, 1.165) is 25.2 Å². The van der Waals surface area contributed by atoms with Crippen LogP contribution in [0.15, 0.2) is 18.2 Å². The first-order valence-corrected chi connectivity index (χ1v) is 6.01. The Morgan fingerprint density at radius 1 is 1.56 bits per heavy atom. The summed E-state index contributed by atoms with van der Waals surface area (Å²) in [5, 5.41) is 14.2. The van der Waals surface area contributed by atoms with Crippen molar-refractivity contribution in [3.8, 4) is 5.75 Å². The van der Waals surface area contributed by atoms with Crippen molar-refractivity contribution in [2.45, 2.75) is 18.5 Å². The van der Waals surface area contributed by atoms with Gasteiger partial charge in [-0.3, -0.25) is 10.1 Å². The molecule has 2 fully saturated rings. The van der Waals surface area contributed by atoms with Crippen LogP contribution in [0.1, 0.15) is 6.42 Å².